The van der Waals surface area contributed by atoms with E-state index < -0.39 is 138 Å². The molecule has 0 saturated carbocycles. The Kier molecular flexibility index (Phi) is 56.4. The third kappa shape index (κ3) is 32.3. The Morgan fingerprint density at radius 1 is 0.185 bits per heavy atom. The maximum atomic E-state index is 10.9. The summed E-state index contributed by atoms with van der Waals surface area (Å²) in [5.41, 5.74) is -7.34. The first-order chi connectivity index (χ1) is 36.5. The van der Waals surface area contributed by atoms with Gasteiger partial charge in [0.2, 0.25) is 0 Å². The van der Waals surface area contributed by atoms with E-state index in [9.17, 15) is 119 Å². The minimum Gasteiger partial charge on any atom is -2.00 e. The van der Waals surface area contributed by atoms with Gasteiger partial charge in [-0.05, 0) is 109 Å². The first-order valence-corrected chi connectivity index (χ1v) is 20.2. The van der Waals surface area contributed by atoms with E-state index in [0.29, 0.717) is 0 Å². The van der Waals surface area contributed by atoms with Crippen molar-refractivity contribution in [2.45, 2.75) is 0 Å². The Hall–Kier alpha value is -9.47. The molecule has 0 spiro atoms. The Labute approximate surface area is 573 Å². The third-order valence-electron chi connectivity index (χ3n) is 9.18. The van der Waals surface area contributed by atoms with Crippen molar-refractivity contribution in [1.29, 1.82) is 0 Å². The quantitative estimate of drug-likeness (QED) is 0.0438. The average molecular weight is 1550 g/mol. The number of benzene rings is 6. The van der Waals surface area contributed by atoms with Gasteiger partial charge in [0.15, 0.2) is 0 Å². The van der Waals surface area contributed by atoms with Crippen LogP contribution >= 0.6 is 0 Å². The molecule has 0 aliphatic carbocycles. The number of nitrogens with zero attached hydrogens (tertiary/aromatic N) is 6. The second kappa shape index (κ2) is 48.4. The van der Waals surface area contributed by atoms with E-state index in [1.54, 1.807) is 0 Å². The predicted molar refractivity (Wildman–Crippen MR) is 254 cm³/mol. The second-order valence-electron chi connectivity index (χ2n) is 14.7. The predicted octanol–water partition coefficient (Wildman–Crippen LogP) is -13.1. The van der Waals surface area contributed by atoms with Crippen LogP contribution in [0.25, 0.3) is 0 Å². The van der Waals surface area contributed by atoms with E-state index in [4.69, 9.17) is 0 Å². The van der Waals surface area contributed by atoms with Crippen LogP contribution in [0.4, 0.5) is 34.1 Å². The SMILES string of the molecule is O=C([O-])c1cc(N=Nc2cc(C(=O)[O-])cc(C(=O)[O-])c2)cc(C(=O)[O-])c1.O=C([O-])c1cc(N=Nc2cc(C(=O)[O-])cc(C(=O)[O-])c2)cc(C(=O)[O-])c1.O=C([O-])c1cc(N=Nc2cc(C(=O)[O-])cc(C(=O)[O-])c2)cc(C(=O)[O-])c1.[Co+2].[Co+2].[Fe+3].[Fe+3].[Fe+3].[Fe+3].[O-2].[O-2].[OH3+].[OH3+].[OH3+].[OH3+].[OH3+].[OH3+]. The van der Waals surface area contributed by atoms with Crippen molar-refractivity contribution in [3.05, 3.63) is 176 Å². The van der Waals surface area contributed by atoms with Crippen molar-refractivity contribution in [3.8, 4) is 0 Å². The van der Waals surface area contributed by atoms with Crippen LogP contribution in [0.1, 0.15) is 124 Å². The van der Waals surface area contributed by atoms with E-state index in [0.717, 1.165) is 109 Å². The van der Waals surface area contributed by atoms with Crippen LogP contribution in [0.2, 0.25) is 0 Å². The summed E-state index contributed by atoms with van der Waals surface area (Å²) in [6.45, 7) is 0. The number of carbonyl (C=O) groups excluding carboxylic acids is 12. The summed E-state index contributed by atoms with van der Waals surface area (Å²) in [6, 6.07) is 16.2. The van der Waals surface area contributed by atoms with Gasteiger partial charge >= 0.3 is 102 Å². The Balaban J connectivity index is -0.000000110. The van der Waals surface area contributed by atoms with Gasteiger partial charge < -0.3 is 163 Å². The minimum absolute atomic E-state index is 0. The van der Waals surface area contributed by atoms with Gasteiger partial charge in [0.05, 0.1) is 106 Å². The summed E-state index contributed by atoms with van der Waals surface area (Å²) in [4.78, 5) is 131. The Morgan fingerprint density at radius 3 is 0.304 bits per heavy atom. The Bertz CT molecular complexity index is 2890. The van der Waals surface area contributed by atoms with Crippen molar-refractivity contribution < 1.29 is 264 Å². The number of hydrogen-bond acceptors (Lipinski definition) is 30. The van der Waals surface area contributed by atoms with E-state index in [2.05, 4.69) is 30.7 Å². The van der Waals surface area contributed by atoms with Gasteiger partial charge in [0.25, 0.3) is 0 Å². The van der Waals surface area contributed by atoms with E-state index in [1.807, 2.05) is 0 Å². The number of hydrogen-bond donors (Lipinski definition) is 0. The summed E-state index contributed by atoms with van der Waals surface area (Å²) in [6.07, 6.45) is 0. The molecule has 6 radical (unpaired) electrons. The molecule has 0 aliphatic heterocycles. The first-order valence-electron chi connectivity index (χ1n) is 20.2. The molecule has 38 nitrogen and oxygen atoms in total. The van der Waals surface area contributed by atoms with Crippen molar-refractivity contribution in [2.24, 2.45) is 30.7 Å². The second-order valence-corrected chi connectivity index (χ2v) is 14.7. The van der Waals surface area contributed by atoms with Crippen LogP contribution in [-0.4, -0.2) is 71.6 Å². The fourth-order valence-electron chi connectivity index (χ4n) is 5.77. The topological polar surface area (TPSA) is 811 Å². The number of carboxylic acid groups (broad SMARTS) is 12. The number of carbonyl (C=O) groups is 12. The van der Waals surface area contributed by atoms with Gasteiger partial charge in [-0.25, -0.2) is 0 Å². The van der Waals surface area contributed by atoms with Crippen LogP contribution in [0.15, 0.2) is 140 Å². The fourth-order valence-corrected chi connectivity index (χ4v) is 5.77. The molecule has 494 valence electrons. The van der Waals surface area contributed by atoms with Crippen LogP contribution in [-0.2, 0) is 146 Å². The first kappa shape index (κ1) is 107. The minimum atomic E-state index is -1.66. The van der Waals surface area contributed by atoms with Gasteiger partial charge in [0, 0.05) is 66.8 Å². The fraction of sp³-hybridized carbons (Fsp3) is 0. The Morgan fingerprint density at radius 2 is 0.250 bits per heavy atom. The molecule has 0 amide bonds. The molecule has 92 heavy (non-hydrogen) atoms. The zero-order valence-corrected chi connectivity index (χ0v) is 50.7. The number of azo groups is 3. The molecule has 6 rings (SSSR count). The summed E-state index contributed by atoms with van der Waals surface area (Å²) < 4.78 is 0. The van der Waals surface area contributed by atoms with E-state index in [-0.39, 0.29) is 180 Å². The van der Waals surface area contributed by atoms with Gasteiger partial charge in [-0.3, -0.25) is 0 Å². The van der Waals surface area contributed by atoms with E-state index in [1.165, 1.54) is 0 Å². The molecular weight excluding hydrogens is 1510 g/mol. The smallest absolute Gasteiger partial charge is 2.00 e. The molecule has 0 aliphatic rings. The number of aromatic carboxylic acids is 12. The summed E-state index contributed by atoms with van der Waals surface area (Å²) >= 11 is 0. The van der Waals surface area contributed by atoms with Gasteiger partial charge in [0.1, 0.15) is 0 Å². The summed E-state index contributed by atoms with van der Waals surface area (Å²) in [5.74, 6) is -20.0. The van der Waals surface area contributed by atoms with Gasteiger partial charge in [-0.2, -0.15) is 30.7 Å². The van der Waals surface area contributed by atoms with Crippen LogP contribution in [0.5, 0.6) is 0 Å². The van der Waals surface area contributed by atoms with Crippen molar-refractivity contribution in [1.82, 2.24) is 0 Å². The average Bonchev–Trinajstić information content (AvgIpc) is 3.38. The molecule has 0 atom stereocenters. The maximum Gasteiger partial charge on any atom is 3.00 e. The molecule has 0 bridgehead atoms. The maximum absolute atomic E-state index is 10.9. The van der Waals surface area contributed by atoms with Crippen molar-refractivity contribution in [3.63, 3.8) is 0 Å². The molecular formula is C48H36Co2Fe4N6O32+6. The van der Waals surface area contributed by atoms with Crippen LogP contribution < -0.4 is 61.3 Å². The van der Waals surface area contributed by atoms with Crippen LogP contribution in [0, 0.1) is 0 Å². The van der Waals surface area contributed by atoms with Crippen molar-refractivity contribution >= 4 is 106 Å². The normalized spacial score (nSPS) is 9.00. The molecule has 44 heteroatoms. The molecule has 0 saturated heterocycles. The zero-order chi connectivity index (χ0) is 58.3. The molecule has 0 fully saturated rings. The third-order valence-corrected chi connectivity index (χ3v) is 9.18. The van der Waals surface area contributed by atoms with Crippen molar-refractivity contribution in [2.75, 3.05) is 0 Å². The molecule has 6 aromatic carbocycles. The molecule has 0 unspecified atom stereocenters. The molecule has 6 aromatic rings. The zero-order valence-electron chi connectivity index (χ0n) is 44.2. The monoisotopic (exact) mass is 1550 g/mol. The molecule has 18 N–H and O–H groups in total. The van der Waals surface area contributed by atoms with E-state index >= 15 is 0 Å². The number of carboxylic acids is 12. The summed E-state index contributed by atoms with van der Waals surface area (Å²) in [5, 5.41) is 152. The van der Waals surface area contributed by atoms with Crippen LogP contribution in [0.3, 0.4) is 0 Å². The summed E-state index contributed by atoms with van der Waals surface area (Å²) in [7, 11) is 0. The molecule has 0 heterocycles. The molecule has 0 aromatic heterocycles. The largest absolute Gasteiger partial charge is 3.00 e. The van der Waals surface area contributed by atoms with Gasteiger partial charge in [-0.15, -0.1) is 0 Å². The number of rotatable bonds is 18. The van der Waals surface area contributed by atoms with Gasteiger partial charge in [-0.1, -0.05) is 0 Å². The standard InChI is InChI=1S/3C16H10N2O8.2Co.4Fe.6H2O.2O/c3*19-13(20)7-1-8(14(21)22)4-11(3-7)17-18-12-5-9(15(23)24)2-10(6-12)16(25)26;;;;;;;;;;;;;;/h3*1-6H,(H,19,20)(H,21,22)(H,23,24)(H,25,26);;;;;;;6*1H2;;/q;;;2*+2;4*+3;;;;;;;2*-2/p-6.